The van der Waals surface area contributed by atoms with E-state index in [1.165, 1.54) is 12.8 Å². The van der Waals surface area contributed by atoms with E-state index in [0.29, 0.717) is 11.2 Å². The van der Waals surface area contributed by atoms with Crippen LogP contribution in [0.2, 0.25) is 0 Å². The van der Waals surface area contributed by atoms with Crippen LogP contribution in [0.25, 0.3) is 0 Å². The van der Waals surface area contributed by atoms with E-state index in [9.17, 15) is 4.79 Å². The average Bonchev–Trinajstić information content (AvgIpc) is 2.97. The Balaban J connectivity index is 2.02. The van der Waals surface area contributed by atoms with E-state index in [2.05, 4.69) is 31.9 Å². The molecule has 0 unspecified atom stereocenters. The first-order valence-corrected chi connectivity index (χ1v) is 6.38. The third-order valence-electron chi connectivity index (χ3n) is 2.29. The first-order chi connectivity index (χ1) is 7.16. The number of aromatic nitrogens is 1. The van der Waals surface area contributed by atoms with Crippen LogP contribution in [0.15, 0.2) is 26.0 Å². The number of ether oxygens (including phenoxy) is 1. The highest BCUT2D eigenvalue weighted by atomic mass is 79.9. The molecule has 0 spiro atoms. The Hall–Kier alpha value is -0.130. The number of hydrogen-bond donors (Lipinski definition) is 0. The zero-order valence-electron chi connectivity index (χ0n) is 8.08. The average molecular weight is 337 g/mol. The van der Waals surface area contributed by atoms with Crippen LogP contribution in [-0.4, -0.2) is 11.2 Å². The van der Waals surface area contributed by atoms with E-state index in [-0.39, 0.29) is 5.56 Å². The lowest BCUT2D eigenvalue weighted by molar-refractivity contribution is 0.0665. The molecule has 0 saturated heterocycles. The van der Waals surface area contributed by atoms with E-state index in [1.807, 2.05) is 0 Å². The molecule has 1 aromatic rings. The molecule has 0 radical (unpaired) electrons. The summed E-state index contributed by atoms with van der Waals surface area (Å²) in [6, 6.07) is 1.74. The lowest BCUT2D eigenvalue weighted by Gasteiger charge is -2.07. The van der Waals surface area contributed by atoms with Gasteiger partial charge in [-0.2, -0.15) is 0 Å². The Kier molecular flexibility index (Phi) is 3.64. The number of rotatable bonds is 4. The maximum atomic E-state index is 11.6. The van der Waals surface area contributed by atoms with E-state index in [4.69, 9.17) is 4.74 Å². The minimum Gasteiger partial charge on any atom is -0.360 e. The molecule has 82 valence electrons. The Morgan fingerprint density at radius 2 is 2.20 bits per heavy atom. The predicted molar refractivity (Wildman–Crippen MR) is 64.8 cm³/mol. The topological polar surface area (TPSA) is 31.2 Å². The van der Waals surface area contributed by atoms with Crippen molar-refractivity contribution in [1.82, 2.24) is 4.57 Å². The third kappa shape index (κ3) is 3.16. The Bertz CT molecular complexity index is 412. The van der Waals surface area contributed by atoms with Crippen LogP contribution in [0, 0.1) is 5.92 Å². The van der Waals surface area contributed by atoms with Gasteiger partial charge in [-0.25, -0.2) is 0 Å². The minimum atomic E-state index is -0.0611. The summed E-state index contributed by atoms with van der Waals surface area (Å²) in [6.07, 6.45) is 4.26. The SMILES string of the molecule is O=c1c(Br)cc(Br)cn1COCC1CC1. The van der Waals surface area contributed by atoms with E-state index < -0.39 is 0 Å². The number of halogens is 2. The van der Waals surface area contributed by atoms with Crippen LogP contribution >= 0.6 is 31.9 Å². The summed E-state index contributed by atoms with van der Waals surface area (Å²) >= 11 is 6.55. The molecular formula is C10H11Br2NO2. The molecule has 0 atom stereocenters. The molecule has 1 aromatic heterocycles. The smallest absolute Gasteiger partial charge is 0.266 e. The van der Waals surface area contributed by atoms with Gasteiger partial charge in [-0.05, 0) is 56.7 Å². The maximum Gasteiger partial charge on any atom is 0.266 e. The van der Waals surface area contributed by atoms with Crippen molar-refractivity contribution in [2.24, 2.45) is 5.92 Å². The summed E-state index contributed by atoms with van der Waals surface area (Å²) in [5, 5.41) is 0. The molecule has 0 bridgehead atoms. The summed E-state index contributed by atoms with van der Waals surface area (Å²) in [5.41, 5.74) is -0.0611. The summed E-state index contributed by atoms with van der Waals surface area (Å²) in [6.45, 7) is 1.09. The number of pyridine rings is 1. The van der Waals surface area contributed by atoms with Gasteiger partial charge in [0.1, 0.15) is 6.73 Å². The Morgan fingerprint density at radius 3 is 2.87 bits per heavy atom. The molecule has 1 saturated carbocycles. The summed E-state index contributed by atoms with van der Waals surface area (Å²) in [7, 11) is 0. The fourth-order valence-corrected chi connectivity index (χ4v) is 2.52. The van der Waals surface area contributed by atoms with Crippen molar-refractivity contribution in [1.29, 1.82) is 0 Å². The quantitative estimate of drug-likeness (QED) is 0.846. The van der Waals surface area contributed by atoms with Crippen molar-refractivity contribution in [2.75, 3.05) is 6.61 Å². The highest BCUT2D eigenvalue weighted by Crippen LogP contribution is 2.28. The lowest BCUT2D eigenvalue weighted by atomic mass is 10.5. The second-order valence-electron chi connectivity index (χ2n) is 3.72. The number of hydrogen-bond acceptors (Lipinski definition) is 2. The molecule has 2 rings (SSSR count). The van der Waals surface area contributed by atoms with Crippen molar-refractivity contribution < 1.29 is 4.74 Å². The molecule has 0 amide bonds. The fraction of sp³-hybridized carbons (Fsp3) is 0.500. The van der Waals surface area contributed by atoms with Gasteiger partial charge in [0.25, 0.3) is 5.56 Å². The van der Waals surface area contributed by atoms with Crippen molar-refractivity contribution in [2.45, 2.75) is 19.6 Å². The van der Waals surface area contributed by atoms with E-state index in [0.717, 1.165) is 17.0 Å². The molecule has 1 heterocycles. The zero-order valence-corrected chi connectivity index (χ0v) is 11.3. The second-order valence-corrected chi connectivity index (χ2v) is 5.49. The van der Waals surface area contributed by atoms with Gasteiger partial charge >= 0.3 is 0 Å². The van der Waals surface area contributed by atoms with Gasteiger partial charge in [-0.15, -0.1) is 0 Å². The highest BCUT2D eigenvalue weighted by Gasteiger charge is 2.21. The van der Waals surface area contributed by atoms with Gasteiger partial charge in [0.15, 0.2) is 0 Å². The van der Waals surface area contributed by atoms with Gasteiger partial charge < -0.3 is 4.74 Å². The Morgan fingerprint density at radius 1 is 1.47 bits per heavy atom. The maximum absolute atomic E-state index is 11.6. The molecule has 1 fully saturated rings. The van der Waals surface area contributed by atoms with Crippen LogP contribution in [0.4, 0.5) is 0 Å². The van der Waals surface area contributed by atoms with Crippen LogP contribution in [0.3, 0.4) is 0 Å². The molecule has 0 aliphatic heterocycles. The van der Waals surface area contributed by atoms with Crippen LogP contribution in [0.5, 0.6) is 0 Å². The van der Waals surface area contributed by atoms with Crippen LogP contribution < -0.4 is 5.56 Å². The molecule has 0 aromatic carbocycles. The predicted octanol–water partition coefficient (Wildman–Crippen LogP) is 2.76. The van der Waals surface area contributed by atoms with Gasteiger partial charge in [-0.3, -0.25) is 9.36 Å². The van der Waals surface area contributed by atoms with E-state index >= 15 is 0 Å². The summed E-state index contributed by atoms with van der Waals surface area (Å²) < 4.78 is 8.42. The number of nitrogens with zero attached hydrogens (tertiary/aromatic N) is 1. The molecule has 1 aliphatic carbocycles. The van der Waals surface area contributed by atoms with Crippen molar-refractivity contribution in [3.05, 3.63) is 31.6 Å². The first kappa shape index (κ1) is 11.4. The fourth-order valence-electron chi connectivity index (χ4n) is 1.26. The monoisotopic (exact) mass is 335 g/mol. The standard InChI is InChI=1S/C10H11Br2NO2/c11-8-3-9(12)10(14)13(4-8)6-15-5-7-1-2-7/h3-4,7H,1-2,5-6H2. The molecule has 3 nitrogen and oxygen atoms in total. The van der Waals surface area contributed by atoms with Crippen LogP contribution in [-0.2, 0) is 11.5 Å². The summed E-state index contributed by atoms with van der Waals surface area (Å²) in [4.78, 5) is 11.6. The van der Waals surface area contributed by atoms with Crippen molar-refractivity contribution in [3.8, 4) is 0 Å². The third-order valence-corrected chi connectivity index (χ3v) is 3.29. The molecule has 1 aliphatic rings. The molecule has 5 heteroatoms. The van der Waals surface area contributed by atoms with E-state index in [1.54, 1.807) is 16.8 Å². The van der Waals surface area contributed by atoms with Gasteiger partial charge in [0.05, 0.1) is 11.1 Å². The zero-order chi connectivity index (χ0) is 10.8. The molecular weight excluding hydrogens is 326 g/mol. The van der Waals surface area contributed by atoms with Gasteiger partial charge in [0, 0.05) is 10.7 Å². The van der Waals surface area contributed by atoms with Crippen LogP contribution in [0.1, 0.15) is 12.8 Å². The molecule has 0 N–H and O–H groups in total. The second kappa shape index (κ2) is 4.80. The summed E-state index contributed by atoms with van der Waals surface area (Å²) in [5.74, 6) is 0.719. The largest absolute Gasteiger partial charge is 0.360 e. The van der Waals surface area contributed by atoms with Gasteiger partial charge in [-0.1, -0.05) is 0 Å². The lowest BCUT2D eigenvalue weighted by Crippen LogP contribution is -2.21. The van der Waals surface area contributed by atoms with Gasteiger partial charge in [0.2, 0.25) is 0 Å². The van der Waals surface area contributed by atoms with Crippen molar-refractivity contribution >= 4 is 31.9 Å². The first-order valence-electron chi connectivity index (χ1n) is 4.80. The van der Waals surface area contributed by atoms with Crippen molar-refractivity contribution in [3.63, 3.8) is 0 Å². The highest BCUT2D eigenvalue weighted by molar-refractivity contribution is 9.11. The molecule has 15 heavy (non-hydrogen) atoms. The Labute approximate surface area is 105 Å². The normalized spacial score (nSPS) is 15.6. The minimum absolute atomic E-state index is 0.0611.